The van der Waals surface area contributed by atoms with Crippen LogP contribution in [0.25, 0.3) is 11.5 Å². The number of pyridine rings is 1. The van der Waals surface area contributed by atoms with Crippen LogP contribution in [0, 0.1) is 12.7 Å². The van der Waals surface area contributed by atoms with E-state index in [-0.39, 0.29) is 17.0 Å². The Labute approximate surface area is 192 Å². The van der Waals surface area contributed by atoms with Crippen LogP contribution in [0.1, 0.15) is 37.5 Å². The predicted molar refractivity (Wildman–Crippen MR) is 130 cm³/mol. The molecule has 160 valence electrons. The maximum atomic E-state index is 13.4. The van der Waals surface area contributed by atoms with Crippen LogP contribution < -0.4 is 9.88 Å². The Morgan fingerprint density at radius 3 is 2.23 bits per heavy atom. The highest BCUT2D eigenvalue weighted by Gasteiger charge is 2.25. The Hall–Kier alpha value is -2.76. The van der Waals surface area contributed by atoms with Gasteiger partial charge >= 0.3 is 0 Å². The van der Waals surface area contributed by atoms with Gasteiger partial charge in [-0.2, -0.15) is 4.57 Å². The molecular weight excluding hydrogens is 431 g/mol. The first-order valence-corrected chi connectivity index (χ1v) is 10.6. The summed E-state index contributed by atoms with van der Waals surface area (Å²) >= 11 is 11.9. The largest absolute Gasteiger partial charge is 0.502 e. The zero-order valence-electron chi connectivity index (χ0n) is 17.9. The molecule has 0 radical (unpaired) electrons. The lowest BCUT2D eigenvalue weighted by atomic mass is 9.88. The molecule has 3 nitrogen and oxygen atoms in total. The van der Waals surface area contributed by atoms with E-state index in [4.69, 9.17) is 23.8 Å². The third kappa shape index (κ3) is 5.30. The van der Waals surface area contributed by atoms with Crippen molar-refractivity contribution in [3.63, 3.8) is 0 Å². The molecule has 0 amide bonds. The highest BCUT2D eigenvalue weighted by Crippen LogP contribution is 2.26. The van der Waals surface area contributed by atoms with E-state index in [1.165, 1.54) is 24.3 Å². The quantitative estimate of drug-likeness (QED) is 0.199. The van der Waals surface area contributed by atoms with Crippen molar-refractivity contribution in [2.75, 3.05) is 5.32 Å². The van der Waals surface area contributed by atoms with E-state index in [9.17, 15) is 9.50 Å². The summed E-state index contributed by atoms with van der Waals surface area (Å²) in [7, 11) is 0. The van der Waals surface area contributed by atoms with Crippen molar-refractivity contribution in [1.82, 2.24) is 0 Å². The Kier molecular flexibility index (Phi) is 6.77. The van der Waals surface area contributed by atoms with Crippen LogP contribution in [-0.2, 0) is 5.41 Å². The number of aliphatic hydroxyl groups is 1. The summed E-state index contributed by atoms with van der Waals surface area (Å²) in [6, 6.07) is 15.1. The lowest BCUT2D eigenvalue weighted by Gasteiger charge is -2.18. The minimum Gasteiger partial charge on any atom is -0.502 e. The maximum absolute atomic E-state index is 13.4. The molecule has 6 heteroatoms. The number of nitrogens with zero attached hydrogens (tertiary/aromatic N) is 1. The second kappa shape index (κ2) is 9.16. The van der Waals surface area contributed by atoms with Crippen molar-refractivity contribution in [2.24, 2.45) is 0 Å². The summed E-state index contributed by atoms with van der Waals surface area (Å²) in [5.41, 5.74) is 3.55. The minimum absolute atomic E-state index is 0.0153. The number of anilines is 1. The second-order valence-corrected chi connectivity index (χ2v) is 9.13. The number of benzene rings is 2. The Bertz CT molecular complexity index is 1130. The molecule has 31 heavy (non-hydrogen) atoms. The summed E-state index contributed by atoms with van der Waals surface area (Å²) in [6.07, 6.45) is 3.71. The van der Waals surface area contributed by atoms with Gasteiger partial charge in [-0.15, -0.1) is 0 Å². The number of hydrogen-bond acceptors (Lipinski definition) is 2. The zero-order chi connectivity index (χ0) is 22.8. The number of rotatable bonds is 4. The SMILES string of the molecule is Cc1c(Cl)cccc1NC(=S)/C(=C(\O)c1ccc(F)cc1)[n+]1ccc(C(C)(C)C)cc1. The Balaban J connectivity index is 2.10. The van der Waals surface area contributed by atoms with Gasteiger partial charge in [0.25, 0.3) is 5.70 Å². The average Bonchev–Trinajstić information content (AvgIpc) is 2.72. The minimum atomic E-state index is -0.379. The third-order valence-electron chi connectivity index (χ3n) is 5.03. The monoisotopic (exact) mass is 455 g/mol. The van der Waals surface area contributed by atoms with Crippen molar-refractivity contribution >= 4 is 46.0 Å². The molecule has 0 aliphatic carbocycles. The summed E-state index contributed by atoms with van der Waals surface area (Å²) in [6.45, 7) is 8.29. The molecule has 0 aliphatic heterocycles. The van der Waals surface area contributed by atoms with Crippen LogP contribution in [-0.4, -0.2) is 10.1 Å². The van der Waals surface area contributed by atoms with E-state index in [0.717, 1.165) is 16.8 Å². The van der Waals surface area contributed by atoms with Crippen LogP contribution in [0.4, 0.5) is 10.1 Å². The number of hydrogen-bond donors (Lipinski definition) is 2. The van der Waals surface area contributed by atoms with Gasteiger partial charge in [0.05, 0.1) is 0 Å². The standard InChI is InChI=1S/C25H24ClFN2OS/c1-16-20(26)6-5-7-21(16)28-24(31)22(23(30)17-8-10-19(27)11-9-17)29-14-12-18(13-15-29)25(2,3)4/h5-15H,1-4H3,(H-,28,30,31)/p+1. The third-order valence-corrected chi connectivity index (χ3v) is 5.73. The van der Waals surface area contributed by atoms with Crippen molar-refractivity contribution in [3.05, 3.63) is 94.5 Å². The molecule has 2 aromatic carbocycles. The van der Waals surface area contributed by atoms with Crippen molar-refractivity contribution < 1.29 is 14.1 Å². The molecular formula is C25H25ClFN2OS+. The first kappa shape index (κ1) is 22.9. The van der Waals surface area contributed by atoms with Crippen LogP contribution in [0.5, 0.6) is 0 Å². The summed E-state index contributed by atoms with van der Waals surface area (Å²) < 4.78 is 15.2. The van der Waals surface area contributed by atoms with Gasteiger partial charge in [-0.05, 0) is 59.9 Å². The molecule has 0 bridgehead atoms. The number of halogens is 2. The van der Waals surface area contributed by atoms with Gasteiger partial charge in [0.1, 0.15) is 5.82 Å². The zero-order valence-corrected chi connectivity index (χ0v) is 19.5. The van der Waals surface area contributed by atoms with Crippen LogP contribution in [0.3, 0.4) is 0 Å². The maximum Gasteiger partial charge on any atom is 0.288 e. The molecule has 0 spiro atoms. The van der Waals surface area contributed by atoms with Gasteiger partial charge < -0.3 is 10.4 Å². The van der Waals surface area contributed by atoms with E-state index in [1.54, 1.807) is 10.6 Å². The molecule has 1 heterocycles. The summed E-state index contributed by atoms with van der Waals surface area (Å²) in [5.74, 6) is -0.443. The Morgan fingerprint density at radius 2 is 1.65 bits per heavy atom. The number of aliphatic hydroxyl groups excluding tert-OH is 1. The van der Waals surface area contributed by atoms with E-state index < -0.39 is 0 Å². The summed E-state index contributed by atoms with van der Waals surface area (Å²) in [5, 5.41) is 14.9. The Morgan fingerprint density at radius 1 is 1.03 bits per heavy atom. The fraction of sp³-hybridized carbons (Fsp3) is 0.200. The topological polar surface area (TPSA) is 36.1 Å². The van der Waals surface area contributed by atoms with Crippen molar-refractivity contribution in [3.8, 4) is 0 Å². The highest BCUT2D eigenvalue weighted by molar-refractivity contribution is 7.81. The van der Waals surface area contributed by atoms with Crippen LogP contribution >= 0.6 is 23.8 Å². The van der Waals surface area contributed by atoms with Gasteiger partial charge in [-0.25, -0.2) is 4.39 Å². The van der Waals surface area contributed by atoms with Gasteiger partial charge in [0, 0.05) is 28.4 Å². The lowest BCUT2D eigenvalue weighted by Crippen LogP contribution is -2.39. The highest BCUT2D eigenvalue weighted by atomic mass is 35.5. The fourth-order valence-electron chi connectivity index (χ4n) is 3.09. The predicted octanol–water partition coefficient (Wildman–Crippen LogP) is 6.70. The number of nitrogens with one attached hydrogen (secondary N) is 1. The lowest BCUT2D eigenvalue weighted by molar-refractivity contribution is -0.575. The van der Waals surface area contributed by atoms with Gasteiger partial charge in [0.15, 0.2) is 23.1 Å². The number of aromatic nitrogens is 1. The second-order valence-electron chi connectivity index (χ2n) is 8.31. The molecule has 3 rings (SSSR count). The first-order valence-electron chi connectivity index (χ1n) is 9.86. The smallest absolute Gasteiger partial charge is 0.288 e. The molecule has 3 aromatic rings. The van der Waals surface area contributed by atoms with Gasteiger partial charge in [0.2, 0.25) is 0 Å². The molecule has 0 saturated heterocycles. The summed E-state index contributed by atoms with van der Waals surface area (Å²) in [4.78, 5) is 0.306. The fourth-order valence-corrected chi connectivity index (χ4v) is 3.58. The van der Waals surface area contributed by atoms with Gasteiger partial charge in [-0.3, -0.25) is 0 Å². The van der Waals surface area contributed by atoms with Crippen molar-refractivity contribution in [1.29, 1.82) is 0 Å². The van der Waals surface area contributed by atoms with E-state index >= 15 is 0 Å². The van der Waals surface area contributed by atoms with Crippen LogP contribution in [0.2, 0.25) is 5.02 Å². The molecule has 0 unspecified atom stereocenters. The average molecular weight is 456 g/mol. The molecule has 0 atom stereocenters. The van der Waals surface area contributed by atoms with Gasteiger partial charge in [-0.1, -0.05) is 50.7 Å². The van der Waals surface area contributed by atoms with E-state index in [1.807, 2.05) is 43.6 Å². The number of thiocarbonyl (C=S) groups is 1. The molecule has 0 saturated carbocycles. The van der Waals surface area contributed by atoms with Crippen LogP contribution in [0.15, 0.2) is 67.0 Å². The first-order chi connectivity index (χ1) is 14.6. The molecule has 2 N–H and O–H groups in total. The normalized spacial score (nSPS) is 12.3. The van der Waals surface area contributed by atoms with Crippen molar-refractivity contribution in [2.45, 2.75) is 33.1 Å². The van der Waals surface area contributed by atoms with E-state index in [0.29, 0.717) is 21.3 Å². The molecule has 1 aromatic heterocycles. The molecule has 0 aliphatic rings. The van der Waals surface area contributed by atoms with E-state index in [2.05, 4.69) is 26.1 Å². The molecule has 0 fully saturated rings.